The minimum atomic E-state index is -3.25. The Labute approximate surface area is 130 Å². The Morgan fingerprint density at radius 3 is 2.91 bits per heavy atom. The van der Waals surface area contributed by atoms with Crippen LogP contribution in [0, 0.1) is 0 Å². The highest BCUT2D eigenvalue weighted by Gasteiger charge is 2.26. The molecule has 9 heteroatoms. The van der Waals surface area contributed by atoms with Crippen molar-refractivity contribution in [2.75, 3.05) is 19.3 Å². The van der Waals surface area contributed by atoms with E-state index in [1.165, 1.54) is 0 Å². The minimum absolute atomic E-state index is 0.0596. The van der Waals surface area contributed by atoms with Gasteiger partial charge >= 0.3 is 6.03 Å². The topological polar surface area (TPSA) is 96.3 Å². The standard InChI is InChI=1S/C13H23N5O3S/c1-11(9-18-8-4-6-14-18)15-13(19)17-7-3-5-12(10-17)16-22(2,20)21/h4,6,8,11-12,16H,3,5,7,9-10H2,1-2H3,(H,15,19)/t11-,12+/m1/s1. The number of aromatic nitrogens is 2. The van der Waals surface area contributed by atoms with Gasteiger partial charge in [-0.3, -0.25) is 4.68 Å². The molecule has 1 aliphatic heterocycles. The van der Waals surface area contributed by atoms with E-state index in [-0.39, 0.29) is 18.1 Å². The summed E-state index contributed by atoms with van der Waals surface area (Å²) in [5.74, 6) is 0. The first-order chi connectivity index (χ1) is 10.3. The van der Waals surface area contributed by atoms with Gasteiger partial charge in [0.2, 0.25) is 10.0 Å². The van der Waals surface area contributed by atoms with Crippen LogP contribution in [0.2, 0.25) is 0 Å². The second-order valence-electron chi connectivity index (χ2n) is 5.75. The number of hydrogen-bond acceptors (Lipinski definition) is 4. The molecule has 124 valence electrons. The van der Waals surface area contributed by atoms with E-state index in [2.05, 4.69) is 15.1 Å². The molecule has 0 aliphatic carbocycles. The van der Waals surface area contributed by atoms with Crippen LogP contribution in [-0.2, 0) is 16.6 Å². The molecular formula is C13H23N5O3S. The summed E-state index contributed by atoms with van der Waals surface area (Å²) in [7, 11) is -3.25. The van der Waals surface area contributed by atoms with E-state index < -0.39 is 10.0 Å². The Bertz CT molecular complexity index is 587. The molecule has 2 amide bonds. The van der Waals surface area contributed by atoms with Gasteiger partial charge in [0.25, 0.3) is 0 Å². The molecule has 0 unspecified atom stereocenters. The second kappa shape index (κ2) is 7.10. The number of rotatable bonds is 5. The van der Waals surface area contributed by atoms with Crippen molar-refractivity contribution in [2.24, 2.45) is 0 Å². The van der Waals surface area contributed by atoms with Crippen molar-refractivity contribution in [1.82, 2.24) is 24.7 Å². The predicted molar refractivity (Wildman–Crippen MR) is 82.8 cm³/mol. The molecule has 0 radical (unpaired) electrons. The maximum absolute atomic E-state index is 12.3. The van der Waals surface area contributed by atoms with Crippen molar-refractivity contribution >= 4 is 16.1 Å². The minimum Gasteiger partial charge on any atom is -0.334 e. The number of likely N-dealkylation sites (tertiary alicyclic amines) is 1. The van der Waals surface area contributed by atoms with Crippen molar-refractivity contribution in [1.29, 1.82) is 0 Å². The number of sulfonamides is 1. The molecule has 1 aliphatic rings. The molecule has 1 aromatic rings. The molecule has 22 heavy (non-hydrogen) atoms. The van der Waals surface area contributed by atoms with Crippen molar-refractivity contribution in [3.8, 4) is 0 Å². The Morgan fingerprint density at radius 1 is 1.50 bits per heavy atom. The fourth-order valence-electron chi connectivity index (χ4n) is 2.60. The van der Waals surface area contributed by atoms with E-state index in [0.29, 0.717) is 19.6 Å². The molecule has 1 fully saturated rings. The normalized spacial score (nSPS) is 20.6. The van der Waals surface area contributed by atoms with Crippen LogP contribution in [-0.4, -0.2) is 60.6 Å². The number of amides is 2. The Kier molecular flexibility index (Phi) is 5.41. The lowest BCUT2D eigenvalue weighted by atomic mass is 10.1. The molecule has 2 heterocycles. The van der Waals surface area contributed by atoms with Gasteiger partial charge in [0.15, 0.2) is 0 Å². The molecule has 2 rings (SSSR count). The first kappa shape index (κ1) is 16.8. The van der Waals surface area contributed by atoms with Crippen molar-refractivity contribution < 1.29 is 13.2 Å². The van der Waals surface area contributed by atoms with Crippen LogP contribution >= 0.6 is 0 Å². The molecule has 0 saturated carbocycles. The lowest BCUT2D eigenvalue weighted by Crippen LogP contribution is -2.53. The number of urea groups is 1. The molecule has 1 saturated heterocycles. The van der Waals surface area contributed by atoms with Gasteiger partial charge in [-0.15, -0.1) is 0 Å². The van der Waals surface area contributed by atoms with E-state index in [9.17, 15) is 13.2 Å². The lowest BCUT2D eigenvalue weighted by molar-refractivity contribution is 0.173. The Morgan fingerprint density at radius 2 is 2.27 bits per heavy atom. The summed E-state index contributed by atoms with van der Waals surface area (Å²) >= 11 is 0. The van der Waals surface area contributed by atoms with Crippen molar-refractivity contribution in [3.05, 3.63) is 18.5 Å². The van der Waals surface area contributed by atoms with Crippen LogP contribution in [0.4, 0.5) is 4.79 Å². The largest absolute Gasteiger partial charge is 0.334 e. The first-order valence-corrected chi connectivity index (χ1v) is 9.23. The third-order valence-electron chi connectivity index (χ3n) is 3.48. The first-order valence-electron chi connectivity index (χ1n) is 7.33. The fraction of sp³-hybridized carbons (Fsp3) is 0.692. The van der Waals surface area contributed by atoms with Crippen molar-refractivity contribution in [3.63, 3.8) is 0 Å². The van der Waals surface area contributed by atoms with Crippen LogP contribution in [0.5, 0.6) is 0 Å². The summed E-state index contributed by atoms with van der Waals surface area (Å²) in [6, 6.07) is 1.40. The zero-order chi connectivity index (χ0) is 16.2. The number of hydrogen-bond donors (Lipinski definition) is 2. The van der Waals surface area contributed by atoms with E-state index in [0.717, 1.165) is 19.1 Å². The highest BCUT2D eigenvalue weighted by molar-refractivity contribution is 7.88. The number of nitrogens with one attached hydrogen (secondary N) is 2. The third kappa shape index (κ3) is 5.30. The summed E-state index contributed by atoms with van der Waals surface area (Å²) in [6.45, 7) is 3.54. The van der Waals surface area contributed by atoms with Crippen LogP contribution < -0.4 is 10.0 Å². The molecular weight excluding hydrogens is 306 g/mol. The van der Waals surface area contributed by atoms with E-state index >= 15 is 0 Å². The number of nitrogens with zero attached hydrogens (tertiary/aromatic N) is 3. The quantitative estimate of drug-likeness (QED) is 0.794. The number of piperidine rings is 1. The second-order valence-corrected chi connectivity index (χ2v) is 7.53. The summed E-state index contributed by atoms with van der Waals surface area (Å²) in [6.07, 6.45) is 6.21. The Hall–Kier alpha value is -1.61. The molecule has 2 N–H and O–H groups in total. The highest BCUT2D eigenvalue weighted by Crippen LogP contribution is 2.11. The Balaban J connectivity index is 1.83. The van der Waals surface area contributed by atoms with Crippen LogP contribution in [0.15, 0.2) is 18.5 Å². The maximum Gasteiger partial charge on any atom is 0.317 e. The van der Waals surface area contributed by atoms with Gasteiger partial charge < -0.3 is 10.2 Å². The molecule has 0 bridgehead atoms. The molecule has 2 atom stereocenters. The molecule has 8 nitrogen and oxygen atoms in total. The van der Waals surface area contributed by atoms with E-state index in [1.54, 1.807) is 15.8 Å². The predicted octanol–water partition coefficient (Wildman–Crippen LogP) is -0.00520. The van der Waals surface area contributed by atoms with E-state index in [4.69, 9.17) is 0 Å². The zero-order valence-corrected chi connectivity index (χ0v) is 13.7. The zero-order valence-electron chi connectivity index (χ0n) is 12.9. The summed E-state index contributed by atoms with van der Waals surface area (Å²) < 4.78 is 26.9. The lowest BCUT2D eigenvalue weighted by Gasteiger charge is -2.33. The van der Waals surface area contributed by atoms with Gasteiger partial charge in [0.1, 0.15) is 0 Å². The van der Waals surface area contributed by atoms with Gasteiger partial charge in [-0.25, -0.2) is 17.9 Å². The number of carbonyl (C=O) groups excluding carboxylic acids is 1. The van der Waals surface area contributed by atoms with E-state index in [1.807, 2.05) is 19.2 Å². The SMILES string of the molecule is C[C@H](Cn1cccn1)NC(=O)N1CCC[C@H](NS(C)(=O)=O)C1. The summed E-state index contributed by atoms with van der Waals surface area (Å²) in [5, 5.41) is 7.02. The highest BCUT2D eigenvalue weighted by atomic mass is 32.2. The fourth-order valence-corrected chi connectivity index (χ4v) is 3.40. The summed E-state index contributed by atoms with van der Waals surface area (Å²) in [5.41, 5.74) is 0. The molecule has 1 aromatic heterocycles. The average molecular weight is 329 g/mol. The van der Waals surface area contributed by atoms with Crippen molar-refractivity contribution in [2.45, 2.75) is 38.4 Å². The van der Waals surface area contributed by atoms with Gasteiger partial charge in [-0.1, -0.05) is 0 Å². The monoisotopic (exact) mass is 329 g/mol. The van der Waals surface area contributed by atoms with Crippen LogP contribution in [0.3, 0.4) is 0 Å². The maximum atomic E-state index is 12.3. The molecule has 0 aromatic carbocycles. The van der Waals surface area contributed by atoms with Gasteiger partial charge in [0, 0.05) is 37.6 Å². The smallest absolute Gasteiger partial charge is 0.317 e. The van der Waals surface area contributed by atoms with Crippen LogP contribution in [0.1, 0.15) is 19.8 Å². The average Bonchev–Trinajstić information content (AvgIpc) is 2.89. The third-order valence-corrected chi connectivity index (χ3v) is 4.24. The van der Waals surface area contributed by atoms with Crippen LogP contribution in [0.25, 0.3) is 0 Å². The summed E-state index contributed by atoms with van der Waals surface area (Å²) in [4.78, 5) is 13.9. The van der Waals surface area contributed by atoms with Gasteiger partial charge in [-0.05, 0) is 25.8 Å². The van der Waals surface area contributed by atoms with Gasteiger partial charge in [0.05, 0.1) is 12.8 Å². The number of carbonyl (C=O) groups is 1. The van der Waals surface area contributed by atoms with Gasteiger partial charge in [-0.2, -0.15) is 5.10 Å². The molecule has 0 spiro atoms.